The Labute approximate surface area is 118 Å². The van der Waals surface area contributed by atoms with Crippen molar-refractivity contribution in [3.63, 3.8) is 0 Å². The minimum absolute atomic E-state index is 0.762. The predicted molar refractivity (Wildman–Crippen MR) is 82.4 cm³/mol. The van der Waals surface area contributed by atoms with Crippen molar-refractivity contribution in [1.29, 1.82) is 0 Å². The molecule has 0 aliphatic heterocycles. The highest BCUT2D eigenvalue weighted by atomic mass is 15.1. The van der Waals surface area contributed by atoms with E-state index in [0.29, 0.717) is 0 Å². The molecule has 0 saturated carbocycles. The van der Waals surface area contributed by atoms with Gasteiger partial charge in [-0.05, 0) is 37.1 Å². The molecule has 0 atom stereocenters. The van der Waals surface area contributed by atoms with E-state index in [1.165, 1.54) is 0 Å². The standard InChI is InChI=1S/C16H18N4/c1-3-10-20-15-13(8-5-9-18-15)19-16(20)14-11(2)6-4-7-12(14)17/h4-9H,3,10,17H2,1-2H3. The van der Waals surface area contributed by atoms with E-state index in [1.807, 2.05) is 24.3 Å². The maximum absolute atomic E-state index is 6.17. The van der Waals surface area contributed by atoms with Gasteiger partial charge in [0.1, 0.15) is 11.3 Å². The summed E-state index contributed by atoms with van der Waals surface area (Å²) < 4.78 is 2.16. The average molecular weight is 266 g/mol. The number of rotatable bonds is 3. The van der Waals surface area contributed by atoms with Crippen LogP contribution in [0.2, 0.25) is 0 Å². The van der Waals surface area contributed by atoms with Gasteiger partial charge in [0.15, 0.2) is 5.65 Å². The molecule has 0 aliphatic carbocycles. The second kappa shape index (κ2) is 4.96. The summed E-state index contributed by atoms with van der Waals surface area (Å²) in [4.78, 5) is 9.21. The number of nitrogens with zero attached hydrogens (tertiary/aromatic N) is 3. The Morgan fingerprint density at radius 1 is 1.20 bits per heavy atom. The van der Waals surface area contributed by atoms with Crippen molar-refractivity contribution in [2.45, 2.75) is 26.8 Å². The van der Waals surface area contributed by atoms with Crippen LogP contribution >= 0.6 is 0 Å². The van der Waals surface area contributed by atoms with Crippen LogP contribution in [0.25, 0.3) is 22.6 Å². The number of nitrogens with two attached hydrogens (primary N) is 1. The fourth-order valence-electron chi connectivity index (χ4n) is 2.58. The third-order valence-electron chi connectivity index (χ3n) is 3.48. The van der Waals surface area contributed by atoms with Crippen LogP contribution in [0.15, 0.2) is 36.5 Å². The van der Waals surface area contributed by atoms with E-state index in [9.17, 15) is 0 Å². The van der Waals surface area contributed by atoms with E-state index in [2.05, 4.69) is 29.5 Å². The number of fused-ring (bicyclic) bond motifs is 1. The molecule has 4 nitrogen and oxygen atoms in total. The fourth-order valence-corrected chi connectivity index (χ4v) is 2.58. The van der Waals surface area contributed by atoms with Gasteiger partial charge in [0.2, 0.25) is 0 Å². The van der Waals surface area contributed by atoms with E-state index < -0.39 is 0 Å². The second-order valence-electron chi connectivity index (χ2n) is 4.97. The summed E-state index contributed by atoms with van der Waals surface area (Å²) in [5, 5.41) is 0. The number of hydrogen-bond donors (Lipinski definition) is 1. The highest BCUT2D eigenvalue weighted by Gasteiger charge is 2.16. The Balaban J connectivity index is 2.33. The minimum Gasteiger partial charge on any atom is -0.398 e. The lowest BCUT2D eigenvalue weighted by atomic mass is 10.1. The highest BCUT2D eigenvalue weighted by molar-refractivity contribution is 5.82. The Morgan fingerprint density at radius 2 is 2.05 bits per heavy atom. The molecule has 1 aromatic carbocycles. The molecule has 2 heterocycles. The molecule has 0 bridgehead atoms. The minimum atomic E-state index is 0.762. The number of nitrogen functional groups attached to an aromatic ring is 1. The molecular weight excluding hydrogens is 248 g/mol. The zero-order valence-electron chi connectivity index (χ0n) is 11.8. The molecule has 0 aliphatic rings. The van der Waals surface area contributed by atoms with Crippen molar-refractivity contribution in [3.8, 4) is 11.4 Å². The summed E-state index contributed by atoms with van der Waals surface area (Å²) in [6.07, 6.45) is 2.84. The molecule has 2 N–H and O–H groups in total. The number of anilines is 1. The summed E-state index contributed by atoms with van der Waals surface area (Å²) in [6.45, 7) is 5.10. The van der Waals surface area contributed by atoms with Gasteiger partial charge >= 0.3 is 0 Å². The first-order chi connectivity index (χ1) is 9.72. The maximum Gasteiger partial charge on any atom is 0.160 e. The van der Waals surface area contributed by atoms with E-state index in [4.69, 9.17) is 10.7 Å². The average Bonchev–Trinajstić information content (AvgIpc) is 2.78. The van der Waals surface area contributed by atoms with E-state index in [0.717, 1.165) is 46.8 Å². The molecule has 0 fully saturated rings. The lowest BCUT2D eigenvalue weighted by Gasteiger charge is -2.11. The van der Waals surface area contributed by atoms with Crippen LogP contribution in [0, 0.1) is 6.92 Å². The molecule has 102 valence electrons. The Bertz CT molecular complexity index is 738. The zero-order valence-corrected chi connectivity index (χ0v) is 11.8. The summed E-state index contributed by atoms with van der Waals surface area (Å²) in [5.74, 6) is 0.913. The van der Waals surface area contributed by atoms with Crippen LogP contribution < -0.4 is 5.73 Å². The zero-order chi connectivity index (χ0) is 14.1. The van der Waals surface area contributed by atoms with Crippen LogP contribution in [0.4, 0.5) is 5.69 Å². The number of benzene rings is 1. The number of aromatic nitrogens is 3. The first kappa shape index (κ1) is 12.7. The summed E-state index contributed by atoms with van der Waals surface area (Å²) in [6, 6.07) is 9.86. The van der Waals surface area contributed by atoms with Crippen molar-refractivity contribution in [2.75, 3.05) is 5.73 Å². The number of pyridine rings is 1. The summed E-state index contributed by atoms with van der Waals surface area (Å²) in [5.41, 5.74) is 10.9. The molecule has 0 saturated heterocycles. The Kier molecular flexibility index (Phi) is 3.14. The van der Waals surface area contributed by atoms with Gasteiger partial charge in [0, 0.05) is 24.0 Å². The van der Waals surface area contributed by atoms with Crippen LogP contribution in [0.5, 0.6) is 0 Å². The molecule has 2 aromatic heterocycles. The highest BCUT2D eigenvalue weighted by Crippen LogP contribution is 2.31. The molecule has 0 unspecified atom stereocenters. The van der Waals surface area contributed by atoms with Crippen molar-refractivity contribution in [2.24, 2.45) is 0 Å². The molecule has 3 aromatic rings. The van der Waals surface area contributed by atoms with Gasteiger partial charge in [-0.3, -0.25) is 0 Å². The smallest absolute Gasteiger partial charge is 0.160 e. The van der Waals surface area contributed by atoms with Gasteiger partial charge in [-0.2, -0.15) is 0 Å². The molecule has 0 amide bonds. The Hall–Kier alpha value is -2.36. The van der Waals surface area contributed by atoms with Gasteiger partial charge in [-0.15, -0.1) is 0 Å². The van der Waals surface area contributed by atoms with Gasteiger partial charge in [-0.25, -0.2) is 9.97 Å². The quantitative estimate of drug-likeness (QED) is 0.739. The van der Waals surface area contributed by atoms with Crippen LogP contribution in [-0.4, -0.2) is 14.5 Å². The first-order valence-corrected chi connectivity index (χ1v) is 6.89. The van der Waals surface area contributed by atoms with Crippen LogP contribution in [0.3, 0.4) is 0 Å². The maximum atomic E-state index is 6.17. The third-order valence-corrected chi connectivity index (χ3v) is 3.48. The van der Waals surface area contributed by atoms with E-state index in [1.54, 1.807) is 6.20 Å². The van der Waals surface area contributed by atoms with Gasteiger partial charge in [0.25, 0.3) is 0 Å². The molecule has 4 heteroatoms. The topological polar surface area (TPSA) is 56.7 Å². The van der Waals surface area contributed by atoms with Crippen molar-refractivity contribution >= 4 is 16.9 Å². The van der Waals surface area contributed by atoms with E-state index in [-0.39, 0.29) is 0 Å². The SMILES string of the molecule is CCCn1c(-c2c(C)cccc2N)nc2cccnc21. The fraction of sp³-hybridized carbons (Fsp3) is 0.250. The molecule has 3 rings (SSSR count). The van der Waals surface area contributed by atoms with Gasteiger partial charge in [0.05, 0.1) is 0 Å². The lowest BCUT2D eigenvalue weighted by Crippen LogP contribution is -2.03. The van der Waals surface area contributed by atoms with Crippen molar-refractivity contribution < 1.29 is 0 Å². The predicted octanol–water partition coefficient (Wildman–Crippen LogP) is 3.40. The number of aryl methyl sites for hydroxylation is 2. The van der Waals surface area contributed by atoms with Crippen molar-refractivity contribution in [3.05, 3.63) is 42.1 Å². The molecular formula is C16H18N4. The largest absolute Gasteiger partial charge is 0.398 e. The summed E-state index contributed by atoms with van der Waals surface area (Å²) in [7, 11) is 0. The molecule has 20 heavy (non-hydrogen) atoms. The summed E-state index contributed by atoms with van der Waals surface area (Å²) >= 11 is 0. The Morgan fingerprint density at radius 3 is 2.80 bits per heavy atom. The normalized spacial score (nSPS) is 11.1. The van der Waals surface area contributed by atoms with Gasteiger partial charge in [-0.1, -0.05) is 19.1 Å². The van der Waals surface area contributed by atoms with Crippen LogP contribution in [0.1, 0.15) is 18.9 Å². The second-order valence-corrected chi connectivity index (χ2v) is 4.97. The molecule has 0 spiro atoms. The third kappa shape index (κ3) is 1.93. The van der Waals surface area contributed by atoms with E-state index >= 15 is 0 Å². The lowest BCUT2D eigenvalue weighted by molar-refractivity contribution is 0.698. The first-order valence-electron chi connectivity index (χ1n) is 6.89. The number of imidazole rings is 1. The molecule has 0 radical (unpaired) electrons. The monoisotopic (exact) mass is 266 g/mol. The number of hydrogen-bond acceptors (Lipinski definition) is 3. The van der Waals surface area contributed by atoms with Crippen LogP contribution in [-0.2, 0) is 6.54 Å². The van der Waals surface area contributed by atoms with Crippen molar-refractivity contribution in [1.82, 2.24) is 14.5 Å². The van der Waals surface area contributed by atoms with Gasteiger partial charge < -0.3 is 10.3 Å².